The molecule has 0 aliphatic carbocycles. The Morgan fingerprint density at radius 1 is 0.853 bits per heavy atom. The lowest BCUT2D eigenvalue weighted by molar-refractivity contribution is 0.0591. The Bertz CT molecular complexity index is 1470. The molecule has 0 saturated carbocycles. The maximum atomic E-state index is 13.8. The molecule has 8 nitrogen and oxygen atoms in total. The number of rotatable bonds is 5. The van der Waals surface area contributed by atoms with Gasteiger partial charge in [0.1, 0.15) is 5.69 Å². The quantitative estimate of drug-likeness (QED) is 0.414. The Balaban J connectivity index is 1.99. The van der Waals surface area contributed by atoms with Crippen LogP contribution in [0.5, 0.6) is 23.0 Å². The fourth-order valence-electron chi connectivity index (χ4n) is 4.18. The van der Waals surface area contributed by atoms with E-state index in [1.165, 1.54) is 25.9 Å². The summed E-state index contributed by atoms with van der Waals surface area (Å²) >= 11 is 0. The summed E-state index contributed by atoms with van der Waals surface area (Å²) in [7, 11) is 4.29. The van der Waals surface area contributed by atoms with Gasteiger partial charge >= 0.3 is 5.97 Å². The van der Waals surface area contributed by atoms with Gasteiger partial charge in [-0.2, -0.15) is 0 Å². The van der Waals surface area contributed by atoms with Crippen molar-refractivity contribution >= 4 is 16.7 Å². The smallest absolute Gasteiger partial charge is 0.355 e. The standard InChI is InChI=1S/C26H21NO7/c1-30-20-12-17-18(13-21(20)31-2)25(28)27(16-7-5-4-6-8-16)24(26(29)32-3)23(17)15-9-10-19-22(11-15)34-14-33-19/h4-13H,14H2,1-3H3. The van der Waals surface area contributed by atoms with Gasteiger partial charge in [0.25, 0.3) is 5.56 Å². The Hall–Kier alpha value is -4.46. The number of methoxy groups -OCH3 is 3. The first-order valence-electron chi connectivity index (χ1n) is 10.5. The van der Waals surface area contributed by atoms with Crippen LogP contribution in [0.15, 0.2) is 65.5 Å². The SMILES string of the molecule is COC(=O)c1c(-c2ccc3c(c2)OCO3)c2cc(OC)c(OC)cc2c(=O)n1-c1ccccc1. The first kappa shape index (κ1) is 21.4. The molecule has 1 aromatic heterocycles. The van der Waals surface area contributed by atoms with Crippen molar-refractivity contribution in [3.63, 3.8) is 0 Å². The van der Waals surface area contributed by atoms with Crippen molar-refractivity contribution in [1.29, 1.82) is 0 Å². The van der Waals surface area contributed by atoms with Crippen LogP contribution in [0, 0.1) is 0 Å². The molecule has 0 bridgehead atoms. The van der Waals surface area contributed by atoms with Gasteiger partial charge in [-0.15, -0.1) is 0 Å². The molecular weight excluding hydrogens is 438 g/mol. The van der Waals surface area contributed by atoms with E-state index in [0.717, 1.165) is 0 Å². The van der Waals surface area contributed by atoms with Crippen LogP contribution in [0.1, 0.15) is 10.5 Å². The number of hydrogen-bond acceptors (Lipinski definition) is 7. The van der Waals surface area contributed by atoms with Gasteiger partial charge in [0, 0.05) is 16.6 Å². The summed E-state index contributed by atoms with van der Waals surface area (Å²) in [6, 6.07) is 17.6. The highest BCUT2D eigenvalue weighted by atomic mass is 16.7. The zero-order valence-corrected chi connectivity index (χ0v) is 18.8. The Kier molecular flexibility index (Phi) is 5.33. The third-order valence-corrected chi connectivity index (χ3v) is 5.74. The molecule has 8 heteroatoms. The zero-order chi connectivity index (χ0) is 23.8. The molecule has 4 aromatic rings. The summed E-state index contributed by atoms with van der Waals surface area (Å²) < 4.78 is 28.5. The maximum Gasteiger partial charge on any atom is 0.355 e. The number of aromatic nitrogens is 1. The molecule has 0 saturated heterocycles. The average Bonchev–Trinajstić information content (AvgIpc) is 3.35. The normalized spacial score (nSPS) is 12.0. The minimum absolute atomic E-state index is 0.0808. The van der Waals surface area contributed by atoms with Gasteiger partial charge in [0.05, 0.1) is 26.7 Å². The van der Waals surface area contributed by atoms with E-state index < -0.39 is 11.5 Å². The minimum atomic E-state index is -0.662. The summed E-state index contributed by atoms with van der Waals surface area (Å²) in [5, 5.41) is 0.857. The highest BCUT2D eigenvalue weighted by molar-refractivity contribution is 6.08. The van der Waals surface area contributed by atoms with Gasteiger partial charge in [-0.05, 0) is 42.0 Å². The van der Waals surface area contributed by atoms with Gasteiger partial charge in [0.2, 0.25) is 6.79 Å². The second-order valence-electron chi connectivity index (χ2n) is 7.51. The summed E-state index contributed by atoms with van der Waals surface area (Å²) in [6.07, 6.45) is 0. The largest absolute Gasteiger partial charge is 0.493 e. The Labute approximate surface area is 194 Å². The van der Waals surface area contributed by atoms with Crippen LogP contribution < -0.4 is 24.5 Å². The summed E-state index contributed by atoms with van der Waals surface area (Å²) in [6.45, 7) is 0.109. The maximum absolute atomic E-state index is 13.8. The number of fused-ring (bicyclic) bond motifs is 2. The molecule has 2 heterocycles. The second kappa shape index (κ2) is 8.47. The van der Waals surface area contributed by atoms with E-state index in [9.17, 15) is 9.59 Å². The van der Waals surface area contributed by atoms with Crippen LogP contribution in [-0.4, -0.2) is 38.7 Å². The van der Waals surface area contributed by atoms with E-state index >= 15 is 0 Å². The van der Waals surface area contributed by atoms with Crippen LogP contribution in [0.4, 0.5) is 0 Å². The third-order valence-electron chi connectivity index (χ3n) is 5.74. The molecule has 0 N–H and O–H groups in total. The van der Waals surface area contributed by atoms with Crippen molar-refractivity contribution in [3.8, 4) is 39.8 Å². The van der Waals surface area contributed by atoms with E-state index in [1.54, 1.807) is 48.5 Å². The number of nitrogens with zero attached hydrogens (tertiary/aromatic N) is 1. The van der Waals surface area contributed by atoms with Crippen LogP contribution in [-0.2, 0) is 4.74 Å². The number of carbonyl (C=O) groups excluding carboxylic acids is 1. The predicted octanol–water partition coefficient (Wildman–Crippen LogP) is 4.19. The van der Waals surface area contributed by atoms with Crippen LogP contribution in [0.3, 0.4) is 0 Å². The summed E-state index contributed by atoms with van der Waals surface area (Å²) in [5.74, 6) is 1.30. The molecule has 0 radical (unpaired) electrons. The third kappa shape index (κ3) is 3.31. The molecule has 0 spiro atoms. The predicted molar refractivity (Wildman–Crippen MR) is 126 cm³/mol. The van der Waals surface area contributed by atoms with Crippen LogP contribution >= 0.6 is 0 Å². The lowest BCUT2D eigenvalue weighted by Crippen LogP contribution is -2.27. The van der Waals surface area contributed by atoms with Crippen molar-refractivity contribution < 1.29 is 28.5 Å². The van der Waals surface area contributed by atoms with E-state index in [-0.39, 0.29) is 12.5 Å². The van der Waals surface area contributed by atoms with Crippen molar-refractivity contribution in [2.75, 3.05) is 28.1 Å². The number of para-hydroxylation sites is 1. The van der Waals surface area contributed by atoms with Gasteiger partial charge in [-0.1, -0.05) is 24.3 Å². The first-order valence-corrected chi connectivity index (χ1v) is 10.5. The molecule has 1 aliphatic rings. The number of carbonyl (C=O) groups is 1. The zero-order valence-electron chi connectivity index (χ0n) is 18.8. The van der Waals surface area contributed by atoms with Gasteiger partial charge in [-0.25, -0.2) is 4.79 Å². The van der Waals surface area contributed by atoms with Crippen LogP contribution in [0.2, 0.25) is 0 Å². The molecule has 0 fully saturated rings. The number of hydrogen-bond donors (Lipinski definition) is 0. The fraction of sp³-hybridized carbons (Fsp3) is 0.154. The lowest BCUT2D eigenvalue weighted by atomic mass is 9.95. The highest BCUT2D eigenvalue weighted by Gasteiger charge is 2.27. The van der Waals surface area contributed by atoms with Gasteiger partial charge < -0.3 is 23.7 Å². The number of benzene rings is 3. The van der Waals surface area contributed by atoms with Gasteiger partial charge in [-0.3, -0.25) is 9.36 Å². The van der Waals surface area contributed by atoms with E-state index in [1.807, 2.05) is 12.1 Å². The Morgan fingerprint density at radius 2 is 1.53 bits per heavy atom. The molecule has 5 rings (SSSR count). The fourth-order valence-corrected chi connectivity index (χ4v) is 4.18. The molecule has 1 aliphatic heterocycles. The van der Waals surface area contributed by atoms with E-state index in [0.29, 0.717) is 50.6 Å². The highest BCUT2D eigenvalue weighted by Crippen LogP contribution is 2.42. The molecular formula is C26H21NO7. The molecule has 34 heavy (non-hydrogen) atoms. The van der Waals surface area contributed by atoms with E-state index in [2.05, 4.69) is 0 Å². The monoisotopic (exact) mass is 459 g/mol. The first-order chi connectivity index (χ1) is 16.6. The topological polar surface area (TPSA) is 85.2 Å². The van der Waals surface area contributed by atoms with Crippen molar-refractivity contribution in [3.05, 3.63) is 76.7 Å². The summed E-state index contributed by atoms with van der Waals surface area (Å²) in [4.78, 5) is 27.0. The van der Waals surface area contributed by atoms with E-state index in [4.69, 9.17) is 23.7 Å². The molecule has 3 aromatic carbocycles. The lowest BCUT2D eigenvalue weighted by Gasteiger charge is -2.20. The average molecular weight is 459 g/mol. The Morgan fingerprint density at radius 3 is 2.21 bits per heavy atom. The van der Waals surface area contributed by atoms with Crippen molar-refractivity contribution in [2.24, 2.45) is 0 Å². The van der Waals surface area contributed by atoms with Crippen molar-refractivity contribution in [1.82, 2.24) is 4.57 Å². The summed E-state index contributed by atoms with van der Waals surface area (Å²) in [5.41, 5.74) is 1.34. The number of pyridine rings is 1. The molecule has 0 unspecified atom stereocenters. The molecule has 0 atom stereocenters. The molecule has 0 amide bonds. The number of esters is 1. The number of ether oxygens (including phenoxy) is 5. The van der Waals surface area contributed by atoms with Crippen molar-refractivity contribution in [2.45, 2.75) is 0 Å². The molecule has 172 valence electrons. The minimum Gasteiger partial charge on any atom is -0.493 e. The second-order valence-corrected chi connectivity index (χ2v) is 7.51. The van der Waals surface area contributed by atoms with Crippen LogP contribution in [0.25, 0.3) is 27.6 Å². The van der Waals surface area contributed by atoms with Gasteiger partial charge in [0.15, 0.2) is 23.0 Å².